The largest absolute Gasteiger partial charge is 0.481 e. The molecule has 0 spiro atoms. The molecule has 0 saturated heterocycles. The molecule has 1 aromatic heterocycles. The molecule has 7 heteroatoms. The second kappa shape index (κ2) is 8.48. The summed E-state index contributed by atoms with van der Waals surface area (Å²) in [6, 6.07) is 20.4. The number of urea groups is 1. The van der Waals surface area contributed by atoms with Crippen LogP contribution in [-0.2, 0) is 0 Å². The quantitative estimate of drug-likeness (QED) is 0.640. The van der Waals surface area contributed by atoms with Crippen LogP contribution in [0.5, 0.6) is 5.88 Å². The first-order valence-corrected chi connectivity index (χ1v) is 8.19. The maximum atomic E-state index is 12.3. The van der Waals surface area contributed by atoms with Crippen LogP contribution in [0.15, 0.2) is 72.8 Å². The number of hydrogen-bond donors (Lipinski definition) is 3. The average Bonchev–Trinajstić information content (AvgIpc) is 2.69. The van der Waals surface area contributed by atoms with Crippen LogP contribution >= 0.6 is 0 Å². The van der Waals surface area contributed by atoms with Crippen molar-refractivity contribution in [2.24, 2.45) is 0 Å². The maximum absolute atomic E-state index is 12.3. The minimum atomic E-state index is -0.362. The second-order valence-electron chi connectivity index (χ2n) is 5.54. The zero-order chi connectivity index (χ0) is 19.1. The van der Waals surface area contributed by atoms with Gasteiger partial charge >= 0.3 is 6.03 Å². The molecule has 27 heavy (non-hydrogen) atoms. The Morgan fingerprint density at radius 3 is 2.11 bits per heavy atom. The first-order valence-electron chi connectivity index (χ1n) is 8.19. The molecule has 0 fully saturated rings. The lowest BCUT2D eigenvalue weighted by Crippen LogP contribution is -2.19. The highest BCUT2D eigenvalue weighted by Gasteiger charge is 2.08. The van der Waals surface area contributed by atoms with E-state index in [9.17, 15) is 9.59 Å². The Kier molecular flexibility index (Phi) is 5.64. The lowest BCUT2D eigenvalue weighted by molar-refractivity contribution is 0.102. The van der Waals surface area contributed by atoms with E-state index in [0.29, 0.717) is 28.6 Å². The molecule has 0 unspecified atom stereocenters. The molecule has 3 rings (SSSR count). The van der Waals surface area contributed by atoms with Gasteiger partial charge in [-0.3, -0.25) is 4.79 Å². The van der Waals surface area contributed by atoms with Gasteiger partial charge in [-0.15, -0.1) is 0 Å². The number of rotatable bonds is 5. The molecule has 136 valence electrons. The topological polar surface area (TPSA) is 92.4 Å². The number of carbonyl (C=O) groups excluding carboxylic acids is 2. The summed E-state index contributed by atoms with van der Waals surface area (Å²) in [7, 11) is 1.51. The number of para-hydroxylation sites is 1. The van der Waals surface area contributed by atoms with Crippen LogP contribution in [-0.4, -0.2) is 24.0 Å². The zero-order valence-electron chi connectivity index (χ0n) is 14.6. The minimum absolute atomic E-state index is 0.309. The number of nitrogens with zero attached hydrogens (tertiary/aromatic N) is 1. The van der Waals surface area contributed by atoms with E-state index in [2.05, 4.69) is 20.9 Å². The Bertz CT molecular complexity index is 927. The van der Waals surface area contributed by atoms with E-state index in [-0.39, 0.29) is 11.9 Å². The monoisotopic (exact) mass is 362 g/mol. The molecule has 0 aliphatic carbocycles. The molecule has 0 bridgehead atoms. The Labute approximate surface area is 156 Å². The molecule has 0 radical (unpaired) electrons. The van der Waals surface area contributed by atoms with Crippen LogP contribution in [0.2, 0.25) is 0 Å². The molecule has 0 aliphatic rings. The summed E-state index contributed by atoms with van der Waals surface area (Å²) in [5.74, 6) is 0.497. The lowest BCUT2D eigenvalue weighted by Gasteiger charge is -2.09. The van der Waals surface area contributed by atoms with Crippen LogP contribution in [0.25, 0.3) is 0 Å². The molecular weight excluding hydrogens is 344 g/mol. The van der Waals surface area contributed by atoms with Crippen LogP contribution < -0.4 is 20.7 Å². The first kappa shape index (κ1) is 17.9. The molecule has 0 aliphatic heterocycles. The van der Waals surface area contributed by atoms with Crippen LogP contribution in [0.1, 0.15) is 10.4 Å². The molecule has 0 atom stereocenters. The number of aromatic nitrogens is 1. The second-order valence-corrected chi connectivity index (χ2v) is 5.54. The van der Waals surface area contributed by atoms with Crippen molar-refractivity contribution in [1.82, 2.24) is 4.98 Å². The summed E-state index contributed by atoms with van der Waals surface area (Å²) in [6.45, 7) is 0. The van der Waals surface area contributed by atoms with Gasteiger partial charge in [0.25, 0.3) is 5.91 Å². The molecular formula is C20H18N4O3. The summed E-state index contributed by atoms with van der Waals surface area (Å²) >= 11 is 0. The molecule has 3 amide bonds. The van der Waals surface area contributed by atoms with Gasteiger partial charge in [0.1, 0.15) is 5.82 Å². The fourth-order valence-corrected chi connectivity index (χ4v) is 2.31. The molecule has 2 aromatic carbocycles. The van der Waals surface area contributed by atoms with E-state index in [1.54, 1.807) is 54.6 Å². The Morgan fingerprint density at radius 1 is 0.778 bits per heavy atom. The van der Waals surface area contributed by atoms with Crippen molar-refractivity contribution >= 4 is 29.1 Å². The van der Waals surface area contributed by atoms with Crippen molar-refractivity contribution in [2.45, 2.75) is 0 Å². The Hall–Kier alpha value is -3.87. The molecule has 3 aromatic rings. The first-order chi connectivity index (χ1) is 13.1. The highest BCUT2D eigenvalue weighted by Crippen LogP contribution is 2.14. The van der Waals surface area contributed by atoms with Gasteiger partial charge in [-0.1, -0.05) is 24.3 Å². The number of pyridine rings is 1. The number of methoxy groups -OCH3 is 1. The van der Waals surface area contributed by atoms with Gasteiger partial charge in [-0.2, -0.15) is 4.98 Å². The zero-order valence-corrected chi connectivity index (χ0v) is 14.6. The molecule has 0 saturated carbocycles. The van der Waals surface area contributed by atoms with Gasteiger partial charge in [-0.25, -0.2) is 4.79 Å². The SMILES string of the molecule is COc1cccc(NC(=O)c2ccc(NC(=O)Nc3ccccc3)cc2)n1. The van der Waals surface area contributed by atoms with Crippen molar-refractivity contribution in [3.05, 3.63) is 78.4 Å². The predicted molar refractivity (Wildman–Crippen MR) is 104 cm³/mol. The number of benzene rings is 2. The van der Waals surface area contributed by atoms with Crippen molar-refractivity contribution in [3.8, 4) is 5.88 Å². The Morgan fingerprint density at radius 2 is 1.44 bits per heavy atom. The number of amides is 3. The normalized spacial score (nSPS) is 9.96. The van der Waals surface area contributed by atoms with Crippen LogP contribution in [0.4, 0.5) is 22.0 Å². The standard InChI is InChI=1S/C20H18N4O3/c1-27-18-9-5-8-17(23-18)24-19(25)14-10-12-16(13-11-14)22-20(26)21-15-6-3-2-4-7-15/h2-13H,1H3,(H2,21,22,26)(H,23,24,25). The predicted octanol–water partition coefficient (Wildman–Crippen LogP) is 3.99. The van der Waals surface area contributed by atoms with E-state index in [0.717, 1.165) is 0 Å². The molecule has 3 N–H and O–H groups in total. The smallest absolute Gasteiger partial charge is 0.323 e. The van der Waals surface area contributed by atoms with Gasteiger partial charge in [0.15, 0.2) is 0 Å². The van der Waals surface area contributed by atoms with Gasteiger partial charge in [0.05, 0.1) is 7.11 Å². The van der Waals surface area contributed by atoms with Crippen LogP contribution in [0.3, 0.4) is 0 Å². The van der Waals surface area contributed by atoms with Gasteiger partial charge < -0.3 is 20.7 Å². The summed E-state index contributed by atoms with van der Waals surface area (Å²) < 4.78 is 5.03. The number of hydrogen-bond acceptors (Lipinski definition) is 4. The number of anilines is 3. The summed E-state index contributed by atoms with van der Waals surface area (Å²) in [5.41, 5.74) is 1.70. The summed E-state index contributed by atoms with van der Waals surface area (Å²) in [6.07, 6.45) is 0. The highest BCUT2D eigenvalue weighted by molar-refractivity contribution is 6.04. The number of carbonyl (C=O) groups is 2. The van der Waals surface area contributed by atoms with E-state index in [1.807, 2.05) is 18.2 Å². The maximum Gasteiger partial charge on any atom is 0.323 e. The third kappa shape index (κ3) is 5.05. The fourth-order valence-electron chi connectivity index (χ4n) is 2.31. The van der Waals surface area contributed by atoms with E-state index < -0.39 is 0 Å². The number of nitrogens with one attached hydrogen (secondary N) is 3. The third-order valence-corrected chi connectivity index (χ3v) is 3.61. The lowest BCUT2D eigenvalue weighted by atomic mass is 10.2. The highest BCUT2D eigenvalue weighted by atomic mass is 16.5. The molecule has 7 nitrogen and oxygen atoms in total. The summed E-state index contributed by atoms with van der Waals surface area (Å²) in [5, 5.41) is 8.13. The van der Waals surface area contributed by atoms with Crippen molar-refractivity contribution in [2.75, 3.05) is 23.1 Å². The number of ether oxygens (including phenoxy) is 1. The molecule has 1 heterocycles. The summed E-state index contributed by atoms with van der Waals surface area (Å²) in [4.78, 5) is 28.4. The van der Waals surface area contributed by atoms with E-state index in [1.165, 1.54) is 7.11 Å². The van der Waals surface area contributed by atoms with Gasteiger partial charge in [0.2, 0.25) is 5.88 Å². The van der Waals surface area contributed by atoms with Gasteiger partial charge in [-0.05, 0) is 42.5 Å². The van der Waals surface area contributed by atoms with Crippen molar-refractivity contribution in [3.63, 3.8) is 0 Å². The van der Waals surface area contributed by atoms with Crippen molar-refractivity contribution < 1.29 is 14.3 Å². The minimum Gasteiger partial charge on any atom is -0.481 e. The van der Waals surface area contributed by atoms with Crippen LogP contribution in [0, 0.1) is 0 Å². The fraction of sp³-hybridized carbons (Fsp3) is 0.0500. The Balaban J connectivity index is 1.59. The van der Waals surface area contributed by atoms with E-state index >= 15 is 0 Å². The van der Waals surface area contributed by atoms with Gasteiger partial charge in [0, 0.05) is 23.0 Å². The van der Waals surface area contributed by atoms with E-state index in [4.69, 9.17) is 4.74 Å². The van der Waals surface area contributed by atoms with Crippen molar-refractivity contribution in [1.29, 1.82) is 0 Å². The average molecular weight is 362 g/mol. The third-order valence-electron chi connectivity index (χ3n) is 3.61.